The van der Waals surface area contributed by atoms with Crippen LogP contribution in [0, 0.1) is 0 Å². The van der Waals surface area contributed by atoms with Crippen molar-refractivity contribution in [3.63, 3.8) is 0 Å². The lowest BCUT2D eigenvalue weighted by molar-refractivity contribution is 0.855. The second kappa shape index (κ2) is 13.7. The molecule has 2 aliphatic rings. The highest BCUT2D eigenvalue weighted by Crippen LogP contribution is 2.45. The van der Waals surface area contributed by atoms with E-state index in [0.29, 0.717) is 0 Å². The number of benzene rings is 7. The predicted octanol–water partition coefficient (Wildman–Crippen LogP) is 14.1. The second-order valence-corrected chi connectivity index (χ2v) is 14.4. The van der Waals surface area contributed by atoms with Crippen LogP contribution in [0.4, 0.5) is 11.4 Å². The Morgan fingerprint density at radius 1 is 0.389 bits per heavy atom. The molecule has 1 heterocycles. The third kappa shape index (κ3) is 5.68. The van der Waals surface area contributed by atoms with Crippen molar-refractivity contribution >= 4 is 49.5 Å². The minimum Gasteiger partial charge on any atom is -0.314 e. The SMILES string of the molecule is C1=C(C2=CC=C(N(c3ccccc3)c3cc4c(c5ccccc35)c3ccccc3n4-c3ccc(-c4ccccc4)cc3)CC2)CCC(c2ccccc2)=C1. The number of nitrogens with zero attached hydrogens (tertiary/aromatic N) is 2. The Bertz CT molecular complexity index is 2780. The average molecular weight is 693 g/mol. The fourth-order valence-electron chi connectivity index (χ4n) is 8.62. The number of hydrogen-bond acceptors (Lipinski definition) is 1. The van der Waals surface area contributed by atoms with Crippen LogP contribution in [0.2, 0.25) is 0 Å². The largest absolute Gasteiger partial charge is 0.314 e. The molecule has 0 fully saturated rings. The van der Waals surface area contributed by atoms with Gasteiger partial charge < -0.3 is 9.47 Å². The van der Waals surface area contributed by atoms with Crippen molar-refractivity contribution in [2.24, 2.45) is 0 Å². The van der Waals surface area contributed by atoms with Crippen LogP contribution in [0.15, 0.2) is 211 Å². The van der Waals surface area contributed by atoms with Gasteiger partial charge in [-0.05, 0) is 107 Å². The summed E-state index contributed by atoms with van der Waals surface area (Å²) in [5.74, 6) is 0. The molecule has 0 atom stereocenters. The Kier molecular flexibility index (Phi) is 8.15. The van der Waals surface area contributed by atoms with E-state index in [9.17, 15) is 0 Å². The van der Waals surface area contributed by atoms with E-state index < -0.39 is 0 Å². The van der Waals surface area contributed by atoms with Crippen molar-refractivity contribution in [1.82, 2.24) is 4.57 Å². The topological polar surface area (TPSA) is 8.17 Å². The van der Waals surface area contributed by atoms with Gasteiger partial charge in [0.05, 0.1) is 16.7 Å². The lowest BCUT2D eigenvalue weighted by Crippen LogP contribution is -2.18. The minimum atomic E-state index is 0.962. The summed E-state index contributed by atoms with van der Waals surface area (Å²) in [7, 11) is 0. The molecule has 0 saturated carbocycles. The molecular weight excluding hydrogens is 653 g/mol. The Labute approximate surface area is 316 Å². The first-order valence-corrected chi connectivity index (χ1v) is 19.1. The molecule has 2 aliphatic carbocycles. The monoisotopic (exact) mass is 692 g/mol. The molecule has 0 amide bonds. The summed E-state index contributed by atoms with van der Waals surface area (Å²) in [4.78, 5) is 2.51. The van der Waals surface area contributed by atoms with Gasteiger partial charge in [-0.25, -0.2) is 0 Å². The molecular formula is C52H40N2. The molecule has 0 saturated heterocycles. The number of rotatable bonds is 7. The molecule has 258 valence electrons. The van der Waals surface area contributed by atoms with Crippen LogP contribution in [0.1, 0.15) is 31.2 Å². The third-order valence-corrected chi connectivity index (χ3v) is 11.3. The maximum absolute atomic E-state index is 2.51. The molecule has 0 spiro atoms. The summed E-state index contributed by atoms with van der Waals surface area (Å²) in [5, 5.41) is 5.07. The first-order valence-electron chi connectivity index (χ1n) is 19.1. The Morgan fingerprint density at radius 2 is 0.926 bits per heavy atom. The molecule has 0 aliphatic heterocycles. The van der Waals surface area contributed by atoms with Crippen molar-refractivity contribution in [3.05, 3.63) is 217 Å². The van der Waals surface area contributed by atoms with Crippen molar-refractivity contribution < 1.29 is 0 Å². The predicted molar refractivity (Wildman–Crippen MR) is 229 cm³/mol. The van der Waals surface area contributed by atoms with Gasteiger partial charge in [0.15, 0.2) is 0 Å². The van der Waals surface area contributed by atoms with Crippen LogP contribution in [-0.4, -0.2) is 4.57 Å². The van der Waals surface area contributed by atoms with Gasteiger partial charge in [-0.1, -0.05) is 152 Å². The molecule has 2 heteroatoms. The standard InChI is InChI=1S/C52H40N2/c1-4-14-37(15-5-1)39-24-26-40(27-25-39)42-28-32-44(33-29-42)53(43-18-8-3-9-19-43)50-36-51-52(47-21-11-10-20-46(47)50)48-22-12-13-23-49(48)54(51)45-34-30-41(31-35-45)38-16-6-2-7-17-38/h1-24,26,28,30-32,34-36H,25,27,29,33H2. The fraction of sp³-hybridized carbons (Fsp3) is 0.0769. The van der Waals surface area contributed by atoms with Gasteiger partial charge >= 0.3 is 0 Å². The smallest absolute Gasteiger partial charge is 0.0568 e. The first kappa shape index (κ1) is 32.0. The van der Waals surface area contributed by atoms with Gasteiger partial charge in [0.25, 0.3) is 0 Å². The summed E-state index contributed by atoms with van der Waals surface area (Å²) in [6.45, 7) is 0. The minimum absolute atomic E-state index is 0.962. The first-order chi connectivity index (χ1) is 26.8. The Morgan fingerprint density at radius 3 is 1.59 bits per heavy atom. The summed E-state index contributed by atoms with van der Waals surface area (Å²) in [6.07, 6.45) is 13.6. The maximum atomic E-state index is 2.51. The molecule has 7 aromatic carbocycles. The van der Waals surface area contributed by atoms with Crippen LogP contribution in [0.5, 0.6) is 0 Å². The van der Waals surface area contributed by atoms with E-state index in [1.165, 1.54) is 83.1 Å². The zero-order chi connectivity index (χ0) is 35.8. The third-order valence-electron chi connectivity index (χ3n) is 11.3. The second-order valence-electron chi connectivity index (χ2n) is 14.4. The van der Waals surface area contributed by atoms with E-state index in [1.54, 1.807) is 0 Å². The summed E-state index contributed by atoms with van der Waals surface area (Å²) in [5.41, 5.74) is 15.4. The van der Waals surface area contributed by atoms with Crippen LogP contribution in [0.25, 0.3) is 55.0 Å². The van der Waals surface area contributed by atoms with E-state index in [1.807, 2.05) is 0 Å². The van der Waals surface area contributed by atoms with Crippen molar-refractivity contribution in [2.75, 3.05) is 4.90 Å². The summed E-state index contributed by atoms with van der Waals surface area (Å²) in [6, 6.07) is 61.7. The van der Waals surface area contributed by atoms with E-state index in [0.717, 1.165) is 31.4 Å². The molecule has 0 bridgehead atoms. The van der Waals surface area contributed by atoms with Gasteiger partial charge in [0.2, 0.25) is 0 Å². The normalized spacial score (nSPS) is 14.4. The average Bonchev–Trinajstić information content (AvgIpc) is 3.59. The van der Waals surface area contributed by atoms with Crippen molar-refractivity contribution in [2.45, 2.75) is 25.7 Å². The number of fused-ring (bicyclic) bond motifs is 5. The molecule has 0 N–H and O–H groups in total. The maximum Gasteiger partial charge on any atom is 0.0568 e. The molecule has 2 nitrogen and oxygen atoms in total. The number of allylic oxidation sites excluding steroid dienone is 8. The van der Waals surface area contributed by atoms with Crippen molar-refractivity contribution in [3.8, 4) is 16.8 Å². The quantitative estimate of drug-likeness (QED) is 0.161. The molecule has 54 heavy (non-hydrogen) atoms. The van der Waals surface area contributed by atoms with Crippen LogP contribution < -0.4 is 4.90 Å². The highest BCUT2D eigenvalue weighted by molar-refractivity contribution is 6.24. The Hall–Kier alpha value is -6.64. The van der Waals surface area contributed by atoms with E-state index in [-0.39, 0.29) is 0 Å². The number of hydrogen-bond donors (Lipinski definition) is 0. The van der Waals surface area contributed by atoms with Crippen LogP contribution >= 0.6 is 0 Å². The van der Waals surface area contributed by atoms with Gasteiger partial charge in [-0.2, -0.15) is 0 Å². The van der Waals surface area contributed by atoms with Gasteiger partial charge in [0, 0.05) is 33.2 Å². The molecule has 0 unspecified atom stereocenters. The summed E-state index contributed by atoms with van der Waals surface area (Å²) >= 11 is 0. The zero-order valence-corrected chi connectivity index (χ0v) is 30.2. The van der Waals surface area contributed by atoms with Crippen molar-refractivity contribution in [1.29, 1.82) is 0 Å². The fourth-order valence-corrected chi connectivity index (χ4v) is 8.62. The number of anilines is 2. The van der Waals surface area contributed by atoms with E-state index >= 15 is 0 Å². The van der Waals surface area contributed by atoms with Crippen LogP contribution in [-0.2, 0) is 0 Å². The Balaban J connectivity index is 1.13. The molecule has 1 aromatic heterocycles. The lowest BCUT2D eigenvalue weighted by atomic mass is 9.86. The van der Waals surface area contributed by atoms with E-state index in [4.69, 9.17) is 0 Å². The highest BCUT2D eigenvalue weighted by Gasteiger charge is 2.24. The number of aromatic nitrogens is 1. The zero-order valence-electron chi connectivity index (χ0n) is 30.2. The highest BCUT2D eigenvalue weighted by atomic mass is 15.2. The molecule has 0 radical (unpaired) electrons. The van der Waals surface area contributed by atoms with Crippen LogP contribution in [0.3, 0.4) is 0 Å². The van der Waals surface area contributed by atoms with Gasteiger partial charge in [-0.3, -0.25) is 0 Å². The lowest BCUT2D eigenvalue weighted by Gasteiger charge is -2.31. The van der Waals surface area contributed by atoms with E-state index in [2.05, 4.69) is 204 Å². The number of para-hydroxylation sites is 2. The molecule has 10 rings (SSSR count). The molecule has 8 aromatic rings. The van der Waals surface area contributed by atoms with Gasteiger partial charge in [-0.15, -0.1) is 0 Å². The summed E-state index contributed by atoms with van der Waals surface area (Å²) < 4.78 is 2.46. The van der Waals surface area contributed by atoms with Gasteiger partial charge in [0.1, 0.15) is 0 Å².